The molecule has 0 radical (unpaired) electrons. The average Bonchev–Trinajstić information content (AvgIpc) is 3.60. The number of imidazole rings is 1. The zero-order valence-electron chi connectivity index (χ0n) is 27.2. The number of nitrogens with zero attached hydrogens (tertiary/aromatic N) is 7. The summed E-state index contributed by atoms with van der Waals surface area (Å²) in [6.45, 7) is 14.6. The highest BCUT2D eigenvalue weighted by Crippen LogP contribution is 2.28. The lowest BCUT2D eigenvalue weighted by atomic mass is 9.91. The number of benzene rings is 1. The molecule has 0 spiro atoms. The van der Waals surface area contributed by atoms with Gasteiger partial charge in [0.05, 0.1) is 36.2 Å². The molecule has 244 valence electrons. The SMILES string of the molecule is Cc1noc(CCn2c(C(=O)N(CC(C)C)[C@H]3C[C@@H](C(=O)N4CCOCC4)CN(C(=O)OC(C)(C)C)C3)nc3ccccc32)n1. The van der Waals surface area contributed by atoms with Crippen LogP contribution >= 0.6 is 0 Å². The number of aromatic nitrogens is 4. The Balaban J connectivity index is 1.48. The topological polar surface area (TPSA) is 136 Å². The summed E-state index contributed by atoms with van der Waals surface area (Å²) < 4.78 is 18.4. The molecule has 13 nitrogen and oxygen atoms in total. The number of fused-ring (bicyclic) bond motifs is 1. The molecule has 2 aliphatic heterocycles. The Morgan fingerprint density at radius 1 is 1.07 bits per heavy atom. The normalized spacial score (nSPS) is 19.3. The molecule has 4 heterocycles. The van der Waals surface area contributed by atoms with Crippen molar-refractivity contribution in [2.45, 2.75) is 72.6 Å². The molecule has 0 bridgehead atoms. The summed E-state index contributed by atoms with van der Waals surface area (Å²) in [6.07, 6.45) is 0.360. The first kappa shape index (κ1) is 32.4. The summed E-state index contributed by atoms with van der Waals surface area (Å²) in [5.41, 5.74) is 0.815. The number of carbonyl (C=O) groups excluding carboxylic acids is 3. The van der Waals surface area contributed by atoms with Gasteiger partial charge in [0.1, 0.15) is 5.60 Å². The van der Waals surface area contributed by atoms with Crippen LogP contribution in [0.4, 0.5) is 4.79 Å². The van der Waals surface area contributed by atoms with E-state index in [0.717, 1.165) is 5.52 Å². The fraction of sp³-hybridized carbons (Fsp3) is 0.625. The number of rotatable bonds is 8. The number of hydrogen-bond donors (Lipinski definition) is 0. The third kappa shape index (κ3) is 7.81. The summed E-state index contributed by atoms with van der Waals surface area (Å²) in [5, 5.41) is 3.89. The Bertz CT molecular complexity index is 1500. The van der Waals surface area contributed by atoms with Gasteiger partial charge in [-0.3, -0.25) is 9.59 Å². The van der Waals surface area contributed by atoms with Crippen molar-refractivity contribution in [1.82, 2.24) is 34.4 Å². The molecule has 2 aliphatic rings. The molecule has 2 atom stereocenters. The van der Waals surface area contributed by atoms with Gasteiger partial charge in [-0.2, -0.15) is 4.98 Å². The second-order valence-electron chi connectivity index (χ2n) is 13.3. The third-order valence-electron chi connectivity index (χ3n) is 7.98. The van der Waals surface area contributed by atoms with Crippen LogP contribution in [0.5, 0.6) is 0 Å². The van der Waals surface area contributed by atoms with Gasteiger partial charge in [-0.25, -0.2) is 9.78 Å². The highest BCUT2D eigenvalue weighted by Gasteiger charge is 2.42. The lowest BCUT2D eigenvalue weighted by molar-refractivity contribution is -0.142. The molecule has 3 aromatic rings. The van der Waals surface area contributed by atoms with Gasteiger partial charge in [0.2, 0.25) is 11.8 Å². The molecule has 13 heteroatoms. The van der Waals surface area contributed by atoms with Gasteiger partial charge >= 0.3 is 6.09 Å². The van der Waals surface area contributed by atoms with Gasteiger partial charge in [0.25, 0.3) is 5.91 Å². The maximum Gasteiger partial charge on any atom is 0.410 e. The highest BCUT2D eigenvalue weighted by atomic mass is 16.6. The van der Waals surface area contributed by atoms with Crippen LogP contribution in [0.25, 0.3) is 11.0 Å². The molecule has 0 unspecified atom stereocenters. The number of aryl methyl sites for hydroxylation is 3. The van der Waals surface area contributed by atoms with E-state index in [4.69, 9.17) is 19.0 Å². The predicted octanol–water partition coefficient (Wildman–Crippen LogP) is 3.55. The second-order valence-corrected chi connectivity index (χ2v) is 13.3. The molecule has 0 N–H and O–H groups in total. The lowest BCUT2D eigenvalue weighted by Crippen LogP contribution is -2.58. The molecule has 2 saturated heterocycles. The van der Waals surface area contributed by atoms with Gasteiger partial charge in [0.15, 0.2) is 11.6 Å². The Kier molecular flexibility index (Phi) is 9.76. The molecule has 1 aromatic carbocycles. The van der Waals surface area contributed by atoms with E-state index in [1.54, 1.807) is 21.6 Å². The zero-order valence-corrected chi connectivity index (χ0v) is 27.2. The van der Waals surface area contributed by atoms with Crippen molar-refractivity contribution in [3.63, 3.8) is 0 Å². The van der Waals surface area contributed by atoms with Crippen LogP contribution < -0.4 is 0 Å². The van der Waals surface area contributed by atoms with E-state index < -0.39 is 23.7 Å². The number of piperidine rings is 1. The number of carbonyl (C=O) groups is 3. The van der Waals surface area contributed by atoms with Crippen molar-refractivity contribution in [2.24, 2.45) is 11.8 Å². The van der Waals surface area contributed by atoms with Crippen LogP contribution in [0.15, 0.2) is 28.8 Å². The molecular weight excluding hydrogens is 578 g/mol. The predicted molar refractivity (Wildman–Crippen MR) is 165 cm³/mol. The summed E-state index contributed by atoms with van der Waals surface area (Å²) in [7, 11) is 0. The minimum Gasteiger partial charge on any atom is -0.444 e. The van der Waals surface area contributed by atoms with Gasteiger partial charge in [-0.15, -0.1) is 0 Å². The summed E-state index contributed by atoms with van der Waals surface area (Å²) in [6, 6.07) is 7.20. The Hall–Kier alpha value is -4.00. The monoisotopic (exact) mass is 623 g/mol. The van der Waals surface area contributed by atoms with Crippen LogP contribution in [-0.4, -0.2) is 110 Å². The number of morpholine rings is 1. The Morgan fingerprint density at radius 3 is 2.47 bits per heavy atom. The molecule has 5 rings (SSSR count). The van der Waals surface area contributed by atoms with Crippen LogP contribution in [0, 0.1) is 18.8 Å². The number of ether oxygens (including phenoxy) is 2. The van der Waals surface area contributed by atoms with Gasteiger partial charge < -0.3 is 33.3 Å². The molecule has 0 saturated carbocycles. The fourth-order valence-corrected chi connectivity index (χ4v) is 6.03. The molecular formula is C32H45N7O6. The van der Waals surface area contributed by atoms with E-state index >= 15 is 0 Å². The molecule has 45 heavy (non-hydrogen) atoms. The molecule has 3 amide bonds. The zero-order chi connectivity index (χ0) is 32.3. The van der Waals surface area contributed by atoms with Crippen molar-refractivity contribution >= 4 is 28.9 Å². The van der Waals surface area contributed by atoms with E-state index in [1.807, 2.05) is 63.5 Å². The Labute approximate surface area is 263 Å². The van der Waals surface area contributed by atoms with Crippen LogP contribution in [0.2, 0.25) is 0 Å². The molecule has 0 aliphatic carbocycles. The van der Waals surface area contributed by atoms with Crippen LogP contribution in [-0.2, 0) is 27.2 Å². The van der Waals surface area contributed by atoms with E-state index in [1.165, 1.54) is 0 Å². The fourth-order valence-electron chi connectivity index (χ4n) is 6.03. The third-order valence-corrected chi connectivity index (χ3v) is 7.98. The number of likely N-dealkylation sites (tertiary alicyclic amines) is 1. The average molecular weight is 624 g/mol. The maximum absolute atomic E-state index is 14.6. The smallest absolute Gasteiger partial charge is 0.410 e. The first-order chi connectivity index (χ1) is 21.4. The minimum absolute atomic E-state index is 0.0319. The van der Waals surface area contributed by atoms with Crippen molar-refractivity contribution in [1.29, 1.82) is 0 Å². The number of para-hydroxylation sites is 2. The molecule has 2 fully saturated rings. The van der Waals surface area contributed by atoms with Gasteiger partial charge in [-0.1, -0.05) is 31.1 Å². The Morgan fingerprint density at radius 2 is 1.80 bits per heavy atom. The van der Waals surface area contributed by atoms with Crippen LogP contribution in [0.3, 0.4) is 0 Å². The van der Waals surface area contributed by atoms with Crippen LogP contribution in [0.1, 0.15) is 63.4 Å². The minimum atomic E-state index is -0.705. The van der Waals surface area contributed by atoms with Crippen molar-refractivity contribution in [3.05, 3.63) is 41.8 Å². The quantitative estimate of drug-likeness (QED) is 0.369. The van der Waals surface area contributed by atoms with Crippen molar-refractivity contribution < 1.29 is 28.4 Å². The highest BCUT2D eigenvalue weighted by molar-refractivity contribution is 5.95. The largest absolute Gasteiger partial charge is 0.444 e. The van der Waals surface area contributed by atoms with Crippen molar-refractivity contribution in [3.8, 4) is 0 Å². The lowest BCUT2D eigenvalue weighted by Gasteiger charge is -2.44. The number of amides is 3. The summed E-state index contributed by atoms with van der Waals surface area (Å²) in [5.74, 6) is 0.666. The van der Waals surface area contributed by atoms with E-state index in [2.05, 4.69) is 10.1 Å². The standard InChI is InChI=1S/C32H45N7O6/c1-21(2)18-39(30(41)28-34-25-9-7-8-10-26(25)38(28)12-11-27-33-22(3)35-45-27)24-17-23(29(40)36-13-15-43-16-14-36)19-37(20-24)31(42)44-32(4,5)6/h7-10,21,23-24H,11-20H2,1-6H3/t23-,24+/m1/s1. The maximum atomic E-state index is 14.6. The van der Waals surface area contributed by atoms with Gasteiger partial charge in [-0.05, 0) is 52.2 Å². The summed E-state index contributed by atoms with van der Waals surface area (Å²) >= 11 is 0. The first-order valence-corrected chi connectivity index (χ1v) is 15.8. The van der Waals surface area contributed by atoms with E-state index in [9.17, 15) is 14.4 Å². The number of hydrogen-bond acceptors (Lipinski definition) is 9. The molecule has 2 aromatic heterocycles. The van der Waals surface area contributed by atoms with Crippen molar-refractivity contribution in [2.75, 3.05) is 45.9 Å². The van der Waals surface area contributed by atoms with E-state index in [-0.39, 0.29) is 30.8 Å². The first-order valence-electron chi connectivity index (χ1n) is 15.8. The second kappa shape index (κ2) is 13.6. The van der Waals surface area contributed by atoms with E-state index in [0.29, 0.717) is 75.3 Å². The van der Waals surface area contributed by atoms with Gasteiger partial charge in [0, 0.05) is 45.7 Å². The summed E-state index contributed by atoms with van der Waals surface area (Å²) in [4.78, 5) is 56.1.